The maximum absolute atomic E-state index is 11.5. The van der Waals surface area contributed by atoms with Gasteiger partial charge in [-0.2, -0.15) is 8.42 Å². The number of allylic oxidation sites excluding steroid dienone is 3. The summed E-state index contributed by atoms with van der Waals surface area (Å²) in [6, 6.07) is 0. The van der Waals surface area contributed by atoms with E-state index >= 15 is 0 Å². The van der Waals surface area contributed by atoms with E-state index in [1.54, 1.807) is 5.57 Å². The summed E-state index contributed by atoms with van der Waals surface area (Å²) in [7, 11) is -3.39. The van der Waals surface area contributed by atoms with E-state index in [0.29, 0.717) is 18.4 Å². The third-order valence-corrected chi connectivity index (χ3v) is 8.10. The predicted octanol–water partition coefficient (Wildman–Crippen LogP) is 5.10. The molecule has 0 radical (unpaired) electrons. The van der Waals surface area contributed by atoms with Gasteiger partial charge in [0.25, 0.3) is 10.1 Å². The Bertz CT molecular complexity index is 679. The molecule has 2 saturated carbocycles. The van der Waals surface area contributed by atoms with Gasteiger partial charge in [-0.1, -0.05) is 44.9 Å². The molecule has 4 heteroatoms. The fourth-order valence-electron chi connectivity index (χ4n) is 6.16. The zero-order valence-corrected chi connectivity index (χ0v) is 17.1. The molecule has 0 aromatic carbocycles. The number of hydrogen-bond acceptors (Lipinski definition) is 3. The molecule has 5 atom stereocenters. The monoisotopic (exact) mass is 366 g/mol. The van der Waals surface area contributed by atoms with Crippen LogP contribution in [0.3, 0.4) is 0 Å². The summed E-state index contributed by atoms with van der Waals surface area (Å²) in [6.07, 6.45) is 13.9. The number of hydrogen-bond donors (Lipinski definition) is 0. The maximum atomic E-state index is 11.5. The predicted molar refractivity (Wildman–Crippen MR) is 103 cm³/mol. The van der Waals surface area contributed by atoms with Crippen LogP contribution in [0.25, 0.3) is 0 Å². The van der Waals surface area contributed by atoms with Gasteiger partial charge < -0.3 is 0 Å². The van der Waals surface area contributed by atoms with Gasteiger partial charge in [0.05, 0.1) is 12.9 Å². The second kappa shape index (κ2) is 6.23. The minimum atomic E-state index is -3.39. The fraction of sp³-hybridized carbons (Fsp3) is 0.810. The smallest absolute Gasteiger partial charge is 0.264 e. The average molecular weight is 367 g/mol. The van der Waals surface area contributed by atoms with Gasteiger partial charge in [-0.15, -0.1) is 6.58 Å². The molecule has 0 bridgehead atoms. The zero-order chi connectivity index (χ0) is 18.5. The maximum Gasteiger partial charge on any atom is 0.264 e. The third-order valence-electron chi connectivity index (χ3n) is 7.55. The van der Waals surface area contributed by atoms with Crippen molar-refractivity contribution in [1.29, 1.82) is 0 Å². The molecule has 2 fully saturated rings. The second-order valence-electron chi connectivity index (χ2n) is 9.64. The van der Waals surface area contributed by atoms with E-state index in [1.165, 1.54) is 25.7 Å². The molecule has 3 nitrogen and oxygen atoms in total. The standard InChI is InChI=1S/C21H34O3S/c1-6-19(2)13-10-17-16(14-19)8-9-18-20(3,15-24-25(5,22)23)11-7-12-21(17,18)4/h6,10,16,18H,1,7-9,11-15H2,2-5H3/t16?,18?,19-,20-,21-/m1/s1. The molecular weight excluding hydrogens is 332 g/mol. The highest BCUT2D eigenvalue weighted by atomic mass is 32.2. The zero-order valence-electron chi connectivity index (χ0n) is 16.3. The minimum absolute atomic E-state index is 0.0545. The van der Waals surface area contributed by atoms with Crippen LogP contribution in [0.1, 0.15) is 65.7 Å². The Morgan fingerprint density at radius 3 is 2.64 bits per heavy atom. The summed E-state index contributed by atoms with van der Waals surface area (Å²) in [5.74, 6) is 1.17. The lowest BCUT2D eigenvalue weighted by atomic mass is 9.46. The van der Waals surface area contributed by atoms with Crippen LogP contribution in [0.15, 0.2) is 24.3 Å². The molecule has 0 heterocycles. The summed E-state index contributed by atoms with van der Waals surface area (Å²) in [6.45, 7) is 11.4. The van der Waals surface area contributed by atoms with E-state index in [0.717, 1.165) is 25.5 Å². The Morgan fingerprint density at radius 2 is 2.00 bits per heavy atom. The van der Waals surface area contributed by atoms with Crippen LogP contribution in [0.5, 0.6) is 0 Å². The van der Waals surface area contributed by atoms with Gasteiger partial charge in [-0.05, 0) is 66.6 Å². The molecule has 0 aliphatic heterocycles. The Balaban J connectivity index is 1.89. The summed E-state index contributed by atoms with van der Waals surface area (Å²) in [5, 5.41) is 0. The van der Waals surface area contributed by atoms with Gasteiger partial charge >= 0.3 is 0 Å². The van der Waals surface area contributed by atoms with Gasteiger partial charge in [0, 0.05) is 0 Å². The Morgan fingerprint density at radius 1 is 1.28 bits per heavy atom. The van der Waals surface area contributed by atoms with E-state index in [9.17, 15) is 8.42 Å². The average Bonchev–Trinajstić information content (AvgIpc) is 2.52. The van der Waals surface area contributed by atoms with Gasteiger partial charge in [-0.25, -0.2) is 0 Å². The van der Waals surface area contributed by atoms with Crippen LogP contribution in [0.2, 0.25) is 0 Å². The fourth-order valence-corrected chi connectivity index (χ4v) is 6.64. The molecular formula is C21H34O3S. The van der Waals surface area contributed by atoms with E-state index in [-0.39, 0.29) is 16.2 Å². The molecule has 3 rings (SSSR count). The minimum Gasteiger partial charge on any atom is -0.270 e. The van der Waals surface area contributed by atoms with Crippen molar-refractivity contribution in [3.63, 3.8) is 0 Å². The molecule has 0 saturated heterocycles. The normalized spacial score (nSPS) is 44.4. The van der Waals surface area contributed by atoms with Crippen molar-refractivity contribution >= 4 is 10.1 Å². The molecule has 0 N–H and O–H groups in total. The van der Waals surface area contributed by atoms with Crippen LogP contribution in [-0.4, -0.2) is 21.3 Å². The van der Waals surface area contributed by atoms with Gasteiger partial charge in [0.2, 0.25) is 0 Å². The Labute approximate surface area is 154 Å². The lowest BCUT2D eigenvalue weighted by Gasteiger charge is -2.59. The SMILES string of the molecule is C=C[C@]1(C)CC=C2C(CCC3[C@@](C)(COS(C)(=O)=O)CCC[C@]23C)C1. The van der Waals surface area contributed by atoms with Crippen molar-refractivity contribution in [3.8, 4) is 0 Å². The van der Waals surface area contributed by atoms with Crippen LogP contribution in [0.4, 0.5) is 0 Å². The van der Waals surface area contributed by atoms with Crippen molar-refractivity contribution in [2.24, 2.45) is 28.1 Å². The van der Waals surface area contributed by atoms with Gasteiger partial charge in [0.15, 0.2) is 0 Å². The van der Waals surface area contributed by atoms with Crippen molar-refractivity contribution in [1.82, 2.24) is 0 Å². The van der Waals surface area contributed by atoms with Crippen LogP contribution in [0, 0.1) is 28.1 Å². The van der Waals surface area contributed by atoms with Crippen LogP contribution >= 0.6 is 0 Å². The molecule has 25 heavy (non-hydrogen) atoms. The van der Waals surface area contributed by atoms with Gasteiger partial charge in [0.1, 0.15) is 0 Å². The third kappa shape index (κ3) is 3.49. The molecule has 0 aromatic heterocycles. The first-order valence-corrected chi connectivity index (χ1v) is 11.5. The lowest BCUT2D eigenvalue weighted by molar-refractivity contribution is -0.0489. The topological polar surface area (TPSA) is 43.4 Å². The first-order valence-electron chi connectivity index (χ1n) is 9.70. The first-order chi connectivity index (χ1) is 11.5. The Hall–Kier alpha value is -0.610. The van der Waals surface area contributed by atoms with E-state index in [2.05, 4.69) is 39.5 Å². The highest BCUT2D eigenvalue weighted by Crippen LogP contribution is 2.63. The molecule has 3 aliphatic rings. The van der Waals surface area contributed by atoms with Crippen LogP contribution in [-0.2, 0) is 14.3 Å². The van der Waals surface area contributed by atoms with Crippen molar-refractivity contribution in [2.75, 3.05) is 12.9 Å². The van der Waals surface area contributed by atoms with Crippen molar-refractivity contribution < 1.29 is 12.6 Å². The molecule has 2 unspecified atom stereocenters. The molecule has 0 spiro atoms. The van der Waals surface area contributed by atoms with Crippen molar-refractivity contribution in [3.05, 3.63) is 24.3 Å². The van der Waals surface area contributed by atoms with Crippen molar-refractivity contribution in [2.45, 2.75) is 65.7 Å². The molecule has 142 valence electrons. The number of fused-ring (bicyclic) bond motifs is 3. The summed E-state index contributed by atoms with van der Waals surface area (Å²) < 4.78 is 28.4. The Kier molecular flexibility index (Phi) is 4.77. The lowest BCUT2D eigenvalue weighted by Crippen LogP contribution is -2.51. The molecule has 3 aliphatic carbocycles. The second-order valence-corrected chi connectivity index (χ2v) is 11.3. The highest BCUT2D eigenvalue weighted by Gasteiger charge is 2.55. The van der Waals surface area contributed by atoms with E-state index < -0.39 is 10.1 Å². The first kappa shape index (κ1) is 19.2. The quantitative estimate of drug-likeness (QED) is 0.514. The van der Waals surface area contributed by atoms with E-state index in [4.69, 9.17) is 4.18 Å². The summed E-state index contributed by atoms with van der Waals surface area (Å²) in [5.41, 5.74) is 2.02. The summed E-state index contributed by atoms with van der Waals surface area (Å²) in [4.78, 5) is 0. The van der Waals surface area contributed by atoms with Crippen LogP contribution < -0.4 is 0 Å². The largest absolute Gasteiger partial charge is 0.270 e. The highest BCUT2D eigenvalue weighted by molar-refractivity contribution is 7.85. The molecule has 0 aromatic rings. The van der Waals surface area contributed by atoms with Gasteiger partial charge in [-0.3, -0.25) is 4.18 Å². The summed E-state index contributed by atoms with van der Waals surface area (Å²) >= 11 is 0. The van der Waals surface area contributed by atoms with E-state index in [1.807, 2.05) is 0 Å². The molecule has 0 amide bonds. The number of rotatable bonds is 4.